The number of carbonyl (C=O) groups excluding carboxylic acids is 1. The van der Waals surface area contributed by atoms with Crippen LogP contribution in [0, 0.1) is 5.92 Å². The van der Waals surface area contributed by atoms with E-state index in [2.05, 4.69) is 34.5 Å². The lowest BCUT2D eigenvalue weighted by Crippen LogP contribution is -2.43. The molecule has 1 aromatic rings. The number of allylic oxidation sites excluding steroid dienone is 3. The summed E-state index contributed by atoms with van der Waals surface area (Å²) in [6.07, 6.45) is 9.26. The quantitative estimate of drug-likeness (QED) is 0.524. The number of benzene rings is 1. The Morgan fingerprint density at radius 3 is 2.59 bits per heavy atom. The minimum Gasteiger partial charge on any atom is -0.497 e. The molecule has 0 aromatic heterocycles. The van der Waals surface area contributed by atoms with E-state index in [-0.39, 0.29) is 17.2 Å². The molecule has 0 spiro atoms. The first kappa shape index (κ1) is 27.8. The summed E-state index contributed by atoms with van der Waals surface area (Å²) in [5.41, 5.74) is 2.31. The zero-order valence-electron chi connectivity index (χ0n) is 21.2. The Morgan fingerprint density at radius 1 is 1.22 bits per heavy atom. The molecule has 0 bridgehead atoms. The van der Waals surface area contributed by atoms with Gasteiger partial charge >= 0.3 is 0 Å². The Balaban J connectivity index is 0.00000249. The number of methoxy groups -OCH3 is 2. The highest BCUT2D eigenvalue weighted by Crippen LogP contribution is 2.37. The summed E-state index contributed by atoms with van der Waals surface area (Å²) < 4.78 is 10.9. The molecular formula is C27H44N2O3. The van der Waals surface area contributed by atoms with Crippen LogP contribution in [0.4, 0.5) is 0 Å². The molecule has 0 saturated carbocycles. The Kier molecular flexibility index (Phi) is 12.8. The molecule has 5 heteroatoms. The second-order valence-electron chi connectivity index (χ2n) is 8.34. The van der Waals surface area contributed by atoms with Crippen molar-refractivity contribution in [3.05, 3.63) is 53.8 Å². The average Bonchev–Trinajstić information content (AvgIpc) is 3.05. The fourth-order valence-electron chi connectivity index (χ4n) is 4.06. The molecule has 1 aliphatic rings. The molecule has 1 aromatic carbocycles. The molecule has 32 heavy (non-hydrogen) atoms. The van der Waals surface area contributed by atoms with Crippen LogP contribution in [0.15, 0.2) is 48.2 Å². The van der Waals surface area contributed by atoms with Gasteiger partial charge in [-0.3, -0.25) is 4.79 Å². The third-order valence-electron chi connectivity index (χ3n) is 5.93. The van der Waals surface area contributed by atoms with Crippen molar-refractivity contribution in [3.8, 4) is 5.75 Å². The smallest absolute Gasteiger partial charge is 0.222 e. The predicted molar refractivity (Wildman–Crippen MR) is 134 cm³/mol. The number of rotatable bonds is 9. The van der Waals surface area contributed by atoms with E-state index < -0.39 is 0 Å². The summed E-state index contributed by atoms with van der Waals surface area (Å²) in [5.74, 6) is 0.939. The molecule has 180 valence electrons. The van der Waals surface area contributed by atoms with Crippen LogP contribution in [-0.4, -0.2) is 51.3 Å². The molecule has 1 unspecified atom stereocenters. The van der Waals surface area contributed by atoms with E-state index >= 15 is 0 Å². The third-order valence-corrected chi connectivity index (χ3v) is 5.93. The van der Waals surface area contributed by atoms with Crippen LogP contribution in [0.3, 0.4) is 0 Å². The Bertz CT molecular complexity index is 742. The first-order valence-electron chi connectivity index (χ1n) is 11.9. The highest BCUT2D eigenvalue weighted by Gasteiger charge is 2.35. The topological polar surface area (TPSA) is 50.8 Å². The molecule has 1 aliphatic heterocycles. The largest absolute Gasteiger partial charge is 0.497 e. The Morgan fingerprint density at radius 2 is 1.97 bits per heavy atom. The van der Waals surface area contributed by atoms with Crippen molar-refractivity contribution >= 4 is 5.91 Å². The zero-order chi connectivity index (χ0) is 24.0. The van der Waals surface area contributed by atoms with Gasteiger partial charge in [0.15, 0.2) is 0 Å². The van der Waals surface area contributed by atoms with Gasteiger partial charge in [-0.1, -0.05) is 52.0 Å². The maximum Gasteiger partial charge on any atom is 0.222 e. The van der Waals surface area contributed by atoms with Gasteiger partial charge in [-0.05, 0) is 50.0 Å². The highest BCUT2D eigenvalue weighted by molar-refractivity contribution is 5.78. The summed E-state index contributed by atoms with van der Waals surface area (Å²) in [6.45, 7) is 13.0. The van der Waals surface area contributed by atoms with Crippen LogP contribution in [0.2, 0.25) is 0 Å². The first-order chi connectivity index (χ1) is 15.5. The normalized spacial score (nSPS) is 19.4. The van der Waals surface area contributed by atoms with E-state index in [0.717, 1.165) is 38.1 Å². The molecule has 1 atom stereocenters. The van der Waals surface area contributed by atoms with Crippen LogP contribution < -0.4 is 10.1 Å². The van der Waals surface area contributed by atoms with Gasteiger partial charge in [-0.15, -0.1) is 0 Å². The van der Waals surface area contributed by atoms with E-state index in [9.17, 15) is 4.79 Å². The lowest BCUT2D eigenvalue weighted by atomic mass is 9.74. The first-order valence-corrected chi connectivity index (χ1v) is 11.9. The van der Waals surface area contributed by atoms with Crippen molar-refractivity contribution in [3.63, 3.8) is 0 Å². The van der Waals surface area contributed by atoms with Crippen molar-refractivity contribution in [1.29, 1.82) is 0 Å². The maximum atomic E-state index is 12.4. The van der Waals surface area contributed by atoms with Gasteiger partial charge in [0.05, 0.1) is 13.7 Å². The molecule has 5 nitrogen and oxygen atoms in total. The van der Waals surface area contributed by atoms with Gasteiger partial charge in [-0.2, -0.15) is 0 Å². The molecule has 1 fully saturated rings. The SMILES string of the molecule is C/C=C\C=C(/COC)N1CCCC(CNC(=O)C(C)C)(c2cccc(OC)c2)CC1.CC. The number of nitrogens with zero attached hydrogens (tertiary/aromatic N) is 1. The minimum absolute atomic E-state index is 0.0216. The second-order valence-corrected chi connectivity index (χ2v) is 8.34. The maximum absolute atomic E-state index is 12.4. The molecule has 2 rings (SSSR count). The lowest BCUT2D eigenvalue weighted by Gasteiger charge is -2.34. The highest BCUT2D eigenvalue weighted by atomic mass is 16.5. The van der Waals surface area contributed by atoms with Gasteiger partial charge in [0.2, 0.25) is 5.91 Å². The van der Waals surface area contributed by atoms with Gasteiger partial charge in [0.1, 0.15) is 5.75 Å². The number of hydrogen-bond donors (Lipinski definition) is 1. The summed E-state index contributed by atoms with van der Waals surface area (Å²) in [6, 6.07) is 8.32. The number of ether oxygens (including phenoxy) is 2. The molecule has 1 N–H and O–H groups in total. The lowest BCUT2D eigenvalue weighted by molar-refractivity contribution is -0.124. The van der Waals surface area contributed by atoms with Gasteiger partial charge in [0.25, 0.3) is 0 Å². The van der Waals surface area contributed by atoms with Gasteiger partial charge in [0, 0.05) is 43.8 Å². The summed E-state index contributed by atoms with van der Waals surface area (Å²) in [4.78, 5) is 14.8. The van der Waals surface area contributed by atoms with Crippen LogP contribution >= 0.6 is 0 Å². The minimum atomic E-state index is -0.118. The Hall–Kier alpha value is -2.27. The summed E-state index contributed by atoms with van der Waals surface area (Å²) in [7, 11) is 3.44. The third kappa shape index (κ3) is 8.01. The van der Waals surface area contributed by atoms with Crippen molar-refractivity contribution < 1.29 is 14.3 Å². The molecule has 0 radical (unpaired) electrons. The zero-order valence-corrected chi connectivity index (χ0v) is 21.2. The molecular weight excluding hydrogens is 400 g/mol. The number of hydrogen-bond acceptors (Lipinski definition) is 4. The summed E-state index contributed by atoms with van der Waals surface area (Å²) >= 11 is 0. The molecule has 1 heterocycles. The van der Waals surface area contributed by atoms with E-state index in [1.54, 1.807) is 14.2 Å². The van der Waals surface area contributed by atoms with Crippen molar-refractivity contribution in [2.24, 2.45) is 5.92 Å². The van der Waals surface area contributed by atoms with Crippen molar-refractivity contribution in [2.45, 2.75) is 59.3 Å². The molecule has 1 amide bonds. The van der Waals surface area contributed by atoms with Crippen LogP contribution in [0.25, 0.3) is 0 Å². The fourth-order valence-corrected chi connectivity index (χ4v) is 4.06. The number of nitrogens with one attached hydrogen (secondary N) is 1. The van der Waals surface area contributed by atoms with Crippen LogP contribution in [0.1, 0.15) is 59.4 Å². The predicted octanol–water partition coefficient (Wildman–Crippen LogP) is 5.32. The Labute approximate surface area is 195 Å². The van der Waals surface area contributed by atoms with E-state index in [1.165, 1.54) is 11.3 Å². The number of likely N-dealkylation sites (tertiary alicyclic amines) is 1. The fraction of sp³-hybridized carbons (Fsp3) is 0.593. The average molecular weight is 445 g/mol. The van der Waals surface area contributed by atoms with E-state index in [4.69, 9.17) is 9.47 Å². The number of carbonyl (C=O) groups is 1. The van der Waals surface area contributed by atoms with Gasteiger partial charge < -0.3 is 19.7 Å². The van der Waals surface area contributed by atoms with Crippen molar-refractivity contribution in [1.82, 2.24) is 10.2 Å². The van der Waals surface area contributed by atoms with Crippen LogP contribution in [-0.2, 0) is 14.9 Å². The van der Waals surface area contributed by atoms with Gasteiger partial charge in [-0.25, -0.2) is 0 Å². The molecule has 1 saturated heterocycles. The molecule has 0 aliphatic carbocycles. The van der Waals surface area contributed by atoms with Crippen LogP contribution in [0.5, 0.6) is 5.75 Å². The summed E-state index contributed by atoms with van der Waals surface area (Å²) in [5, 5.41) is 3.21. The van der Waals surface area contributed by atoms with E-state index in [0.29, 0.717) is 13.2 Å². The standard InChI is InChI=1S/C25H38N2O3.C2H6/c1-6-7-11-22(18-29-4)27-15-9-13-25(14-16-27,19-26-24(28)20(2)3)21-10-8-12-23(17-21)30-5;1-2/h6-8,10-12,17,20H,9,13-16,18-19H2,1-5H3,(H,26,28);1-2H3/b7-6-,22-11+;. The van der Waals surface area contributed by atoms with E-state index in [1.807, 2.05) is 52.8 Å². The monoisotopic (exact) mass is 444 g/mol. The van der Waals surface area contributed by atoms with Crippen molar-refractivity contribution in [2.75, 3.05) is 40.5 Å². The number of amides is 1. The second kappa shape index (κ2) is 14.7.